The predicted molar refractivity (Wildman–Crippen MR) is 113 cm³/mol. The van der Waals surface area contributed by atoms with Crippen LogP contribution in [0.4, 0.5) is 24.5 Å². The van der Waals surface area contributed by atoms with Gasteiger partial charge in [0.1, 0.15) is 0 Å². The number of alkyl halides is 3. The molecule has 10 heteroatoms. The van der Waals surface area contributed by atoms with Gasteiger partial charge < -0.3 is 5.32 Å². The first-order chi connectivity index (χ1) is 14.8. The Morgan fingerprint density at radius 1 is 1.09 bits per heavy atom. The first kappa shape index (κ1) is 23.0. The van der Waals surface area contributed by atoms with Crippen LogP contribution in [0, 0.1) is 10.1 Å². The summed E-state index contributed by atoms with van der Waals surface area (Å²) in [5.74, 6) is -0.985. The molecule has 1 aromatic heterocycles. The van der Waals surface area contributed by atoms with Gasteiger partial charge in [0, 0.05) is 36.5 Å². The molecule has 0 unspecified atom stereocenters. The highest BCUT2D eigenvalue weighted by Crippen LogP contribution is 2.38. The number of halogens is 3. The van der Waals surface area contributed by atoms with Crippen LogP contribution in [0.2, 0.25) is 0 Å². The molecule has 32 heavy (non-hydrogen) atoms. The van der Waals surface area contributed by atoms with E-state index in [0.29, 0.717) is 5.69 Å². The van der Waals surface area contributed by atoms with Crippen molar-refractivity contribution in [3.8, 4) is 11.3 Å². The first-order valence-electron chi connectivity index (χ1n) is 9.59. The lowest BCUT2D eigenvalue weighted by molar-refractivity contribution is -0.384. The largest absolute Gasteiger partial charge is 0.417 e. The van der Waals surface area contributed by atoms with Crippen molar-refractivity contribution in [1.82, 2.24) is 9.78 Å². The average Bonchev–Trinajstić information content (AvgIpc) is 3.09. The number of hydrogen-bond donors (Lipinski definition) is 1. The van der Waals surface area contributed by atoms with E-state index in [9.17, 15) is 28.1 Å². The quantitative estimate of drug-likeness (QED) is 0.419. The number of benzene rings is 2. The predicted octanol–water partition coefficient (Wildman–Crippen LogP) is 5.56. The lowest BCUT2D eigenvalue weighted by atomic mass is 9.85. The number of aromatic nitrogens is 2. The highest BCUT2D eigenvalue weighted by molar-refractivity contribution is 6.07. The van der Waals surface area contributed by atoms with E-state index in [4.69, 9.17) is 0 Å². The molecule has 0 atom stereocenters. The van der Waals surface area contributed by atoms with E-state index >= 15 is 0 Å². The Balaban J connectivity index is 2.14. The van der Waals surface area contributed by atoms with Crippen molar-refractivity contribution in [2.75, 3.05) is 5.32 Å². The molecule has 0 fully saturated rings. The maximum absolute atomic E-state index is 13.4. The molecule has 0 saturated carbocycles. The van der Waals surface area contributed by atoms with E-state index in [-0.39, 0.29) is 16.9 Å². The van der Waals surface area contributed by atoms with E-state index in [1.807, 2.05) is 20.8 Å². The maximum atomic E-state index is 13.4. The summed E-state index contributed by atoms with van der Waals surface area (Å²) in [6.07, 6.45) is -2.95. The minimum absolute atomic E-state index is 0.113. The molecular formula is C22H21F3N4O3. The van der Waals surface area contributed by atoms with Crippen LogP contribution in [0.25, 0.3) is 11.3 Å². The van der Waals surface area contributed by atoms with Crippen LogP contribution in [-0.4, -0.2) is 20.6 Å². The van der Waals surface area contributed by atoms with Gasteiger partial charge in [0.2, 0.25) is 0 Å². The minimum Gasteiger partial charge on any atom is -0.321 e. The van der Waals surface area contributed by atoms with Crippen LogP contribution >= 0.6 is 0 Å². The van der Waals surface area contributed by atoms with Crippen molar-refractivity contribution in [3.05, 3.63) is 75.5 Å². The Bertz CT molecular complexity index is 1190. The van der Waals surface area contributed by atoms with Crippen LogP contribution in [0.3, 0.4) is 0 Å². The number of nitro benzene ring substituents is 1. The van der Waals surface area contributed by atoms with Crippen LogP contribution in [0.15, 0.2) is 48.7 Å². The smallest absolute Gasteiger partial charge is 0.321 e. The normalized spacial score (nSPS) is 12.0. The number of amides is 1. The van der Waals surface area contributed by atoms with Gasteiger partial charge in [-0.3, -0.25) is 19.6 Å². The van der Waals surface area contributed by atoms with Crippen molar-refractivity contribution in [1.29, 1.82) is 0 Å². The third-order valence-electron chi connectivity index (χ3n) is 4.83. The molecule has 0 aliphatic rings. The number of nitrogens with zero attached hydrogens (tertiary/aromatic N) is 3. The Labute approximate surface area is 182 Å². The van der Waals surface area contributed by atoms with Crippen molar-refractivity contribution < 1.29 is 22.9 Å². The number of anilines is 1. The number of non-ortho nitro benzene ring substituents is 1. The van der Waals surface area contributed by atoms with Gasteiger partial charge in [0.05, 0.1) is 27.4 Å². The van der Waals surface area contributed by atoms with E-state index in [1.54, 1.807) is 17.9 Å². The molecule has 0 radical (unpaired) electrons. The van der Waals surface area contributed by atoms with Crippen LogP contribution in [-0.2, 0) is 18.6 Å². The van der Waals surface area contributed by atoms with E-state index < -0.39 is 33.5 Å². The molecule has 7 nitrogen and oxygen atoms in total. The SMILES string of the molecule is Cn1cc(C(C)(C)C)c(-c2cc([N+](=O)[O-])ccc2NC(=O)c2ccccc2C(F)(F)F)n1. The number of rotatable bonds is 4. The van der Waals surface area contributed by atoms with Gasteiger partial charge in [-0.25, -0.2) is 0 Å². The molecule has 2 aromatic carbocycles. The third kappa shape index (κ3) is 4.63. The summed E-state index contributed by atoms with van der Waals surface area (Å²) >= 11 is 0. The summed E-state index contributed by atoms with van der Waals surface area (Å²) in [4.78, 5) is 23.6. The second-order valence-electron chi connectivity index (χ2n) is 8.30. The van der Waals surface area contributed by atoms with Crippen LogP contribution in [0.1, 0.15) is 42.3 Å². The fraction of sp³-hybridized carbons (Fsp3) is 0.273. The summed E-state index contributed by atoms with van der Waals surface area (Å²) < 4.78 is 41.6. The molecule has 168 valence electrons. The van der Waals surface area contributed by atoms with Crippen molar-refractivity contribution in [2.45, 2.75) is 32.4 Å². The van der Waals surface area contributed by atoms with Crippen LogP contribution < -0.4 is 5.32 Å². The van der Waals surface area contributed by atoms with Crippen molar-refractivity contribution in [3.63, 3.8) is 0 Å². The summed E-state index contributed by atoms with van der Waals surface area (Å²) in [6.45, 7) is 5.80. The first-order valence-corrected chi connectivity index (χ1v) is 9.59. The molecule has 1 heterocycles. The maximum Gasteiger partial charge on any atom is 0.417 e. The number of nitrogens with one attached hydrogen (secondary N) is 1. The third-order valence-corrected chi connectivity index (χ3v) is 4.83. The number of hydrogen-bond acceptors (Lipinski definition) is 4. The van der Waals surface area contributed by atoms with E-state index in [2.05, 4.69) is 10.4 Å². The average molecular weight is 446 g/mol. The number of nitro groups is 1. The molecule has 0 bridgehead atoms. The topological polar surface area (TPSA) is 90.1 Å². The summed E-state index contributed by atoms with van der Waals surface area (Å²) in [6, 6.07) is 8.14. The Morgan fingerprint density at radius 2 is 1.75 bits per heavy atom. The monoisotopic (exact) mass is 446 g/mol. The van der Waals surface area contributed by atoms with Crippen molar-refractivity contribution in [2.24, 2.45) is 7.05 Å². The molecule has 0 spiro atoms. The van der Waals surface area contributed by atoms with Gasteiger partial charge in [-0.15, -0.1) is 0 Å². The highest BCUT2D eigenvalue weighted by atomic mass is 19.4. The van der Waals surface area contributed by atoms with Gasteiger partial charge in [-0.1, -0.05) is 32.9 Å². The minimum atomic E-state index is -4.72. The molecule has 3 aromatic rings. The molecular weight excluding hydrogens is 425 g/mol. The molecule has 0 aliphatic heterocycles. The fourth-order valence-electron chi connectivity index (χ4n) is 3.30. The van der Waals surface area contributed by atoms with Crippen molar-refractivity contribution >= 4 is 17.3 Å². The second-order valence-corrected chi connectivity index (χ2v) is 8.30. The van der Waals surface area contributed by atoms with E-state index in [1.165, 1.54) is 30.3 Å². The van der Waals surface area contributed by atoms with Gasteiger partial charge in [0.15, 0.2) is 0 Å². The lowest BCUT2D eigenvalue weighted by Crippen LogP contribution is -2.19. The zero-order valence-electron chi connectivity index (χ0n) is 17.8. The zero-order valence-corrected chi connectivity index (χ0v) is 17.8. The highest BCUT2D eigenvalue weighted by Gasteiger charge is 2.35. The Morgan fingerprint density at radius 3 is 2.34 bits per heavy atom. The molecule has 0 saturated heterocycles. The zero-order chi connectivity index (χ0) is 23.8. The molecule has 1 amide bonds. The lowest BCUT2D eigenvalue weighted by Gasteiger charge is -2.19. The van der Waals surface area contributed by atoms with Gasteiger partial charge in [0.25, 0.3) is 11.6 Å². The van der Waals surface area contributed by atoms with Gasteiger partial charge in [-0.05, 0) is 23.6 Å². The summed E-state index contributed by atoms with van der Waals surface area (Å²) in [7, 11) is 1.69. The number of aryl methyl sites for hydroxylation is 1. The van der Waals surface area contributed by atoms with E-state index in [0.717, 1.165) is 17.7 Å². The summed E-state index contributed by atoms with van der Waals surface area (Å²) in [5, 5.41) is 18.2. The Hall–Kier alpha value is -3.69. The fourth-order valence-corrected chi connectivity index (χ4v) is 3.30. The standard InChI is InChI=1S/C22H21F3N4O3/c1-21(2,3)17-12-28(4)27-19(17)15-11-13(29(31)32)9-10-18(15)26-20(30)14-7-5-6-8-16(14)22(23,24)25/h5-12H,1-4H3,(H,26,30). The number of carbonyl (C=O) groups excluding carboxylic acids is 1. The number of carbonyl (C=O) groups is 1. The van der Waals surface area contributed by atoms with Gasteiger partial charge >= 0.3 is 6.18 Å². The van der Waals surface area contributed by atoms with Gasteiger partial charge in [-0.2, -0.15) is 18.3 Å². The molecule has 3 rings (SSSR count). The molecule has 0 aliphatic carbocycles. The molecule has 1 N–H and O–H groups in total. The second kappa shape index (κ2) is 8.10. The van der Waals surface area contributed by atoms with Crippen LogP contribution in [0.5, 0.6) is 0 Å². The Kier molecular flexibility index (Phi) is 5.82. The summed E-state index contributed by atoms with van der Waals surface area (Å²) in [5.41, 5.74) is -0.757.